The molecule has 412 valence electrons. The number of benzene rings is 3. The minimum Gasteiger partial charge on any atom is -0.406 e. The Balaban J connectivity index is 0.000000366. The fraction of sp³-hybridized carbons (Fsp3) is 0.304. The summed E-state index contributed by atoms with van der Waals surface area (Å²) >= 11 is 9.39. The van der Waals surface area contributed by atoms with E-state index in [1.54, 1.807) is 18.2 Å². The largest absolute Gasteiger partial charge is 0.406 e. The van der Waals surface area contributed by atoms with Gasteiger partial charge in [-0.25, -0.2) is 24.6 Å². The molecule has 3 aromatic carbocycles. The number of fused-ring (bicyclic) bond motifs is 2. The Bertz CT molecular complexity index is 3420. The van der Waals surface area contributed by atoms with Crippen LogP contribution in [0.25, 0.3) is 22.1 Å². The highest BCUT2D eigenvalue weighted by atomic mass is 127. The molecule has 0 bridgehead atoms. The van der Waals surface area contributed by atoms with E-state index in [9.17, 15) is 53.3 Å². The Morgan fingerprint density at radius 1 is 0.868 bits per heavy atom. The lowest BCUT2D eigenvalue weighted by atomic mass is 10.2. The number of ether oxygens (including phenoxy) is 2. The number of hydrogen-bond donors (Lipinski definition) is 6. The topological polar surface area (TPSA) is 338 Å². The third kappa shape index (κ3) is 17.0. The highest BCUT2D eigenvalue weighted by molar-refractivity contribution is 14.1. The van der Waals surface area contributed by atoms with Crippen LogP contribution >= 0.6 is 56.8 Å². The lowest BCUT2D eigenvalue weighted by Crippen LogP contribution is -2.34. The quantitative estimate of drug-likeness (QED) is 0.0428. The van der Waals surface area contributed by atoms with Gasteiger partial charge in [-0.2, -0.15) is 0 Å². The fourth-order valence-corrected chi connectivity index (χ4v) is 7.38. The molecule has 25 nitrogen and oxygen atoms in total. The van der Waals surface area contributed by atoms with Crippen LogP contribution in [0.15, 0.2) is 98.6 Å². The van der Waals surface area contributed by atoms with Crippen LogP contribution in [0.5, 0.6) is 0 Å². The van der Waals surface area contributed by atoms with Crippen LogP contribution in [0.4, 0.5) is 42.9 Å². The van der Waals surface area contributed by atoms with Gasteiger partial charge < -0.3 is 45.0 Å². The first-order chi connectivity index (χ1) is 34.4. The number of aromatic amines is 1. The number of halogens is 5. The molecule has 2 atom stereocenters. The highest BCUT2D eigenvalue weighted by Crippen LogP contribution is 2.29. The van der Waals surface area contributed by atoms with Crippen molar-refractivity contribution in [1.29, 1.82) is 0 Å². The van der Waals surface area contributed by atoms with E-state index in [2.05, 4.69) is 30.4 Å². The van der Waals surface area contributed by atoms with E-state index in [0.29, 0.717) is 16.8 Å². The summed E-state index contributed by atoms with van der Waals surface area (Å²) < 4.78 is 43.4. The lowest BCUT2D eigenvalue weighted by molar-refractivity contribution is -0.394. The average molecular weight is 1310 g/mol. The second-order valence-corrected chi connectivity index (χ2v) is 18.4. The summed E-state index contributed by atoms with van der Waals surface area (Å²) in [5, 5.41) is 44.4. The van der Waals surface area contributed by atoms with E-state index < -0.39 is 62.3 Å². The van der Waals surface area contributed by atoms with Crippen LogP contribution < -0.4 is 43.6 Å². The molecule has 1 aliphatic heterocycles. The Hall–Kier alpha value is -6.59. The maximum atomic E-state index is 14.2. The van der Waals surface area contributed by atoms with Crippen molar-refractivity contribution in [2.45, 2.75) is 54.1 Å². The molecule has 1 fully saturated rings. The molecule has 0 spiro atoms. The summed E-state index contributed by atoms with van der Waals surface area (Å²) in [5.41, 5.74) is -1.83. The van der Waals surface area contributed by atoms with Crippen LogP contribution in [-0.4, -0.2) is 93.3 Å². The van der Waals surface area contributed by atoms with Gasteiger partial charge in [-0.05, 0) is 101 Å². The molecule has 0 unspecified atom stereocenters. The molecular formula is C46H54ClF2I2N11O14. The first-order valence-corrected chi connectivity index (χ1v) is 23.3. The van der Waals surface area contributed by atoms with Crippen LogP contribution in [-0.2, 0) is 28.4 Å². The van der Waals surface area contributed by atoms with Crippen molar-refractivity contribution in [3.05, 3.63) is 165 Å². The summed E-state index contributed by atoms with van der Waals surface area (Å²) in [6.45, 7) is 3.80. The van der Waals surface area contributed by atoms with Gasteiger partial charge in [0, 0.05) is 39.4 Å². The second kappa shape index (κ2) is 29.1. The molecule has 0 saturated carbocycles. The van der Waals surface area contributed by atoms with E-state index in [1.165, 1.54) is 53.8 Å². The zero-order chi connectivity index (χ0) is 53.9. The van der Waals surface area contributed by atoms with Crippen LogP contribution in [0.3, 0.4) is 0 Å². The van der Waals surface area contributed by atoms with Crippen molar-refractivity contribution in [3.8, 4) is 0 Å². The third-order valence-electron chi connectivity index (χ3n) is 9.83. The minimum absolute atomic E-state index is 0. The summed E-state index contributed by atoms with van der Waals surface area (Å²) in [6, 6.07) is 14.6. The number of hydrogen-bond acceptors (Lipinski definition) is 19. The average Bonchev–Trinajstić information content (AvgIpc) is 3.68. The van der Waals surface area contributed by atoms with E-state index in [4.69, 9.17) is 36.9 Å². The number of H-pyrrole nitrogens is 1. The molecule has 7 N–H and O–H groups in total. The van der Waals surface area contributed by atoms with Gasteiger partial charge in [0.15, 0.2) is 17.1 Å². The molecule has 8 rings (SSSR count). The molecule has 30 heteroatoms. The lowest BCUT2D eigenvalue weighted by Gasteiger charge is -2.16. The van der Waals surface area contributed by atoms with Gasteiger partial charge in [0.25, 0.3) is 33.6 Å². The molecule has 1 saturated heterocycles. The van der Waals surface area contributed by atoms with Gasteiger partial charge in [0.05, 0.1) is 64.8 Å². The van der Waals surface area contributed by atoms with E-state index in [0.717, 1.165) is 38.9 Å². The number of nitrogens with one attached hydrogen (secondary N) is 3. The Kier molecular flexibility index (Phi) is 25.1. The molecular weight excluding hydrogens is 1260 g/mol. The van der Waals surface area contributed by atoms with Crippen molar-refractivity contribution >= 4 is 113 Å². The van der Waals surface area contributed by atoms with Crippen LogP contribution in [0.1, 0.15) is 36.1 Å². The number of pyridine rings is 2. The van der Waals surface area contributed by atoms with Gasteiger partial charge in [-0.3, -0.25) is 48.5 Å². The van der Waals surface area contributed by atoms with Crippen molar-refractivity contribution in [1.82, 2.24) is 28.8 Å². The first-order valence-electron chi connectivity index (χ1n) is 20.7. The van der Waals surface area contributed by atoms with Crippen molar-refractivity contribution in [2.75, 3.05) is 37.1 Å². The molecule has 0 amide bonds. The molecule has 5 heterocycles. The zero-order valence-corrected chi connectivity index (χ0v) is 43.5. The standard InChI is InChI=1S/C17H16FIN4O5.C14H10FIN4O2.C6H3ClN2O4.C6H13NO3.3CH4/c1-22-14(26)5-13(21-12-3-2-9(19)4-11(12)18)15-16(22)20-8-23(17(15)27)28-7-10(25)6-24;1-20-11(21)5-10(12-13(20)17-6-18-14(12)22)19-9-3-2-7(16)4-8(9)15;7-5-2-1-4(8(10)11)3-6(5)9(12)13;1-6(2)8-3-5(10-6)4-9-7;;;/h2-5,8,10,21,24-25H,6-7H2,1H3;2-6,19H,1H3,(H,17,18,22);1-3H;5H,3-4,7H2,1-2H3;3*1H4/t10-;;;5-;;;/m1..1.../s1. The Labute approximate surface area is 463 Å². The highest BCUT2D eigenvalue weighted by Gasteiger charge is 2.32. The Morgan fingerprint density at radius 2 is 1.41 bits per heavy atom. The molecule has 0 radical (unpaired) electrons. The van der Waals surface area contributed by atoms with Gasteiger partial charge in [0.2, 0.25) is 0 Å². The number of non-ortho nitro benzene ring substituents is 1. The van der Waals surface area contributed by atoms with Crippen LogP contribution in [0, 0.1) is 39.0 Å². The summed E-state index contributed by atoms with van der Waals surface area (Å²) in [4.78, 5) is 88.2. The number of aryl methyl sites for hydroxylation is 2. The zero-order valence-electron chi connectivity index (χ0n) is 38.4. The molecule has 4 aromatic heterocycles. The first kappa shape index (κ1) is 65.5. The monoisotopic (exact) mass is 1310 g/mol. The summed E-state index contributed by atoms with van der Waals surface area (Å²) in [5.74, 6) is 3.37. The van der Waals surface area contributed by atoms with E-state index >= 15 is 0 Å². The van der Waals surface area contributed by atoms with Gasteiger partial charge in [0.1, 0.15) is 52.6 Å². The van der Waals surface area contributed by atoms with Gasteiger partial charge in [-0.15, -0.1) is 4.73 Å². The summed E-state index contributed by atoms with van der Waals surface area (Å²) in [7, 11) is 2.97. The van der Waals surface area contributed by atoms with Crippen LogP contribution in [0.2, 0.25) is 5.02 Å². The fourth-order valence-electron chi connectivity index (χ4n) is 6.29. The molecule has 76 heavy (non-hydrogen) atoms. The molecule has 7 aromatic rings. The SMILES string of the molecule is C.C.C.CC1(C)OC[C@H](CON)O1.Cn1c(=O)cc(Nc2ccc(I)cc2F)c2c(=O)[nH]cnc21.Cn1c(=O)cc(Nc2ccc(I)cc2F)c2c(=O)n(OC[C@H](O)CO)cnc21.O=[N+]([O-])c1ccc(Cl)c([N+](=O)[O-])c1. The third-order valence-corrected chi connectivity index (χ3v) is 11.5. The van der Waals surface area contributed by atoms with Crippen molar-refractivity contribution < 1.29 is 48.0 Å². The number of nitro benzene ring substituents is 2. The normalized spacial score (nSPS) is 13.3. The van der Waals surface area contributed by atoms with Crippen molar-refractivity contribution in [2.24, 2.45) is 20.0 Å². The maximum absolute atomic E-state index is 14.2. The van der Waals surface area contributed by atoms with Gasteiger partial charge >= 0.3 is 0 Å². The predicted molar refractivity (Wildman–Crippen MR) is 298 cm³/mol. The van der Waals surface area contributed by atoms with Crippen molar-refractivity contribution in [3.63, 3.8) is 0 Å². The summed E-state index contributed by atoms with van der Waals surface area (Å²) in [6.07, 6.45) is 1.09. The number of anilines is 4. The number of nitrogens with two attached hydrogens (primary N) is 1. The maximum Gasteiger partial charge on any atom is 0.297 e. The predicted octanol–water partition coefficient (Wildman–Crippen LogP) is 6.57. The second-order valence-electron chi connectivity index (χ2n) is 15.5. The number of rotatable bonds is 12. The minimum atomic E-state index is -1.18. The smallest absolute Gasteiger partial charge is 0.297 e. The van der Waals surface area contributed by atoms with E-state index in [-0.39, 0.29) is 96.1 Å². The number of aliphatic hydroxyl groups excluding tert-OH is 2. The Morgan fingerprint density at radius 3 is 1.88 bits per heavy atom. The number of nitrogens with zero attached hydrogens (tertiary/aromatic N) is 7. The number of aliphatic hydroxyl groups is 2. The van der Waals surface area contributed by atoms with E-state index in [1.807, 2.05) is 59.0 Å². The number of nitro groups is 2. The number of aromatic nitrogens is 6. The molecule has 1 aliphatic rings. The van der Waals surface area contributed by atoms with Gasteiger partial charge in [-0.1, -0.05) is 33.9 Å². The molecule has 0 aliphatic carbocycles.